The maximum atomic E-state index is 8.57. The Balaban J connectivity index is 0.000000292. The fourth-order valence-corrected chi connectivity index (χ4v) is 0.559. The summed E-state index contributed by atoms with van der Waals surface area (Å²) in [6, 6.07) is 7.15. The van der Waals surface area contributed by atoms with Gasteiger partial charge in [0.2, 0.25) is 5.75 Å². The second-order valence-corrected chi connectivity index (χ2v) is 1.94. The molecule has 0 radical (unpaired) electrons. The Kier molecular flexibility index (Phi) is 4.94. The van der Waals surface area contributed by atoms with Crippen LogP contribution in [0.25, 0.3) is 0 Å². The Hall–Kier alpha value is -1.22. The van der Waals surface area contributed by atoms with Gasteiger partial charge in [0.05, 0.1) is 0 Å². The molecule has 4 N–H and O–H groups in total. The standard InChI is InChI=1S/C6H8N2.CHClO/c7-5-2-1-3-6(8)4-5;2-1-3/h1-4H,7-8H2;1H. The van der Waals surface area contributed by atoms with Gasteiger partial charge in [-0.25, -0.2) is 0 Å². The zero-order chi connectivity index (χ0) is 8.69. The molecule has 0 aromatic heterocycles. The topological polar surface area (TPSA) is 69.1 Å². The highest BCUT2D eigenvalue weighted by Crippen LogP contribution is 2.06. The SMILES string of the molecule is Nc1cccc(N)c1.O=CCl. The molecule has 0 bridgehead atoms. The molecule has 0 aliphatic heterocycles. The van der Waals surface area contributed by atoms with Gasteiger partial charge in [0, 0.05) is 11.4 Å². The average molecular weight is 173 g/mol. The lowest BCUT2D eigenvalue weighted by atomic mass is 10.3. The molecule has 1 rings (SSSR count). The Labute approximate surface area is 69.9 Å². The molecule has 0 atom stereocenters. The third kappa shape index (κ3) is 5.24. The van der Waals surface area contributed by atoms with Gasteiger partial charge < -0.3 is 11.5 Å². The van der Waals surface area contributed by atoms with Crippen LogP contribution in [0, 0.1) is 0 Å². The molecule has 0 aliphatic carbocycles. The van der Waals surface area contributed by atoms with Crippen molar-refractivity contribution >= 4 is 28.7 Å². The van der Waals surface area contributed by atoms with E-state index in [-0.39, 0.29) is 5.75 Å². The molecule has 0 spiro atoms. The van der Waals surface area contributed by atoms with Gasteiger partial charge in [0.25, 0.3) is 0 Å². The number of hydrogen-bond acceptors (Lipinski definition) is 3. The molecule has 11 heavy (non-hydrogen) atoms. The molecule has 0 aliphatic rings. The van der Waals surface area contributed by atoms with Crippen molar-refractivity contribution in [3.8, 4) is 0 Å². The predicted octanol–water partition coefficient (Wildman–Crippen LogP) is 1.27. The predicted molar refractivity (Wildman–Crippen MR) is 47.9 cm³/mol. The summed E-state index contributed by atoms with van der Waals surface area (Å²) in [5, 5.41) is 0. The molecule has 0 fully saturated rings. The number of hydrogen-bond donors (Lipinski definition) is 2. The lowest BCUT2D eigenvalue weighted by Crippen LogP contribution is -1.87. The Morgan fingerprint density at radius 3 is 1.82 bits per heavy atom. The number of nitrogen functional groups attached to an aromatic ring is 2. The van der Waals surface area contributed by atoms with Crippen molar-refractivity contribution in [1.29, 1.82) is 0 Å². The van der Waals surface area contributed by atoms with Gasteiger partial charge in [-0.05, 0) is 29.8 Å². The Bertz CT molecular complexity index is 210. The van der Waals surface area contributed by atoms with Crippen LogP contribution in [-0.4, -0.2) is 5.75 Å². The van der Waals surface area contributed by atoms with Crippen LogP contribution < -0.4 is 11.5 Å². The molecule has 0 saturated heterocycles. The van der Waals surface area contributed by atoms with Crippen molar-refractivity contribution in [2.45, 2.75) is 0 Å². The average Bonchev–Trinajstić information content (AvgIpc) is 1.88. The lowest BCUT2D eigenvalue weighted by Gasteiger charge is -1.91. The summed E-state index contributed by atoms with van der Waals surface area (Å²) in [7, 11) is 0. The van der Waals surface area contributed by atoms with Crippen LogP contribution in [-0.2, 0) is 4.79 Å². The molecular weight excluding hydrogens is 164 g/mol. The molecule has 0 amide bonds. The number of anilines is 2. The number of halogens is 1. The first kappa shape index (κ1) is 9.78. The Morgan fingerprint density at radius 1 is 1.27 bits per heavy atom. The summed E-state index contributed by atoms with van der Waals surface area (Å²) in [5.74, 6) is 0.222. The van der Waals surface area contributed by atoms with Crippen LogP contribution in [0.5, 0.6) is 0 Å². The van der Waals surface area contributed by atoms with E-state index in [1.54, 1.807) is 18.2 Å². The largest absolute Gasteiger partial charge is 0.399 e. The summed E-state index contributed by atoms with van der Waals surface area (Å²) >= 11 is 4.32. The second-order valence-electron chi connectivity index (χ2n) is 1.76. The van der Waals surface area contributed by atoms with Gasteiger partial charge in [-0.1, -0.05) is 6.07 Å². The quantitative estimate of drug-likeness (QED) is 0.352. The van der Waals surface area contributed by atoms with E-state index in [1.807, 2.05) is 6.07 Å². The summed E-state index contributed by atoms with van der Waals surface area (Å²) < 4.78 is 0. The fourth-order valence-electron chi connectivity index (χ4n) is 0.559. The molecule has 3 nitrogen and oxygen atoms in total. The van der Waals surface area contributed by atoms with Crippen molar-refractivity contribution in [3.05, 3.63) is 24.3 Å². The first-order chi connectivity index (χ1) is 5.20. The van der Waals surface area contributed by atoms with Gasteiger partial charge in [0.1, 0.15) is 0 Å². The van der Waals surface area contributed by atoms with Gasteiger partial charge >= 0.3 is 0 Å². The van der Waals surface area contributed by atoms with E-state index < -0.39 is 0 Å². The number of rotatable bonds is 0. The molecule has 0 unspecified atom stereocenters. The van der Waals surface area contributed by atoms with E-state index in [0.717, 1.165) is 0 Å². The van der Waals surface area contributed by atoms with Crippen molar-refractivity contribution in [2.75, 3.05) is 11.5 Å². The minimum Gasteiger partial charge on any atom is -0.399 e. The lowest BCUT2D eigenvalue weighted by molar-refractivity contribution is 0.569. The molecule has 60 valence electrons. The number of nitrogens with two attached hydrogens (primary N) is 2. The van der Waals surface area contributed by atoms with Crippen LogP contribution in [0.2, 0.25) is 0 Å². The van der Waals surface area contributed by atoms with Gasteiger partial charge in [-0.2, -0.15) is 0 Å². The normalized spacial score (nSPS) is 7.73. The maximum absolute atomic E-state index is 8.57. The fraction of sp³-hybridized carbons (Fsp3) is 0. The van der Waals surface area contributed by atoms with Crippen molar-refractivity contribution in [3.63, 3.8) is 0 Å². The molecule has 4 heteroatoms. The zero-order valence-corrected chi connectivity index (χ0v) is 6.58. The third-order valence-electron chi connectivity index (χ3n) is 0.911. The Morgan fingerprint density at radius 2 is 1.64 bits per heavy atom. The highest BCUT2D eigenvalue weighted by Gasteiger charge is 1.81. The van der Waals surface area contributed by atoms with E-state index in [2.05, 4.69) is 11.6 Å². The van der Waals surface area contributed by atoms with E-state index in [1.165, 1.54) is 0 Å². The summed E-state index contributed by atoms with van der Waals surface area (Å²) in [6.07, 6.45) is 0. The van der Waals surface area contributed by atoms with Crippen LogP contribution >= 0.6 is 11.6 Å². The number of carbonyl (C=O) groups is 1. The molecule has 1 aromatic carbocycles. The minimum atomic E-state index is 0.222. The van der Waals surface area contributed by atoms with E-state index in [4.69, 9.17) is 16.3 Å². The summed E-state index contributed by atoms with van der Waals surface area (Å²) in [6.45, 7) is 0. The van der Waals surface area contributed by atoms with E-state index in [9.17, 15) is 0 Å². The van der Waals surface area contributed by atoms with Crippen molar-refractivity contribution < 1.29 is 4.79 Å². The van der Waals surface area contributed by atoms with Gasteiger partial charge in [-0.3, -0.25) is 4.79 Å². The maximum Gasteiger partial charge on any atom is 0.208 e. The van der Waals surface area contributed by atoms with Crippen LogP contribution in [0.4, 0.5) is 11.4 Å². The summed E-state index contributed by atoms with van der Waals surface area (Å²) in [5.41, 5.74) is 12.2. The van der Waals surface area contributed by atoms with E-state index in [0.29, 0.717) is 11.4 Å². The van der Waals surface area contributed by atoms with E-state index >= 15 is 0 Å². The monoisotopic (exact) mass is 172 g/mol. The number of carbonyl (C=O) groups excluding carboxylic acids is 1. The van der Waals surface area contributed by atoms with Crippen LogP contribution in [0.3, 0.4) is 0 Å². The number of benzene rings is 1. The molecule has 0 heterocycles. The van der Waals surface area contributed by atoms with Crippen molar-refractivity contribution in [1.82, 2.24) is 0 Å². The third-order valence-corrected chi connectivity index (χ3v) is 0.911. The molecule has 1 aromatic rings. The van der Waals surface area contributed by atoms with Gasteiger partial charge in [-0.15, -0.1) is 0 Å². The van der Waals surface area contributed by atoms with Crippen LogP contribution in [0.15, 0.2) is 24.3 Å². The second kappa shape index (κ2) is 5.56. The van der Waals surface area contributed by atoms with Crippen molar-refractivity contribution in [2.24, 2.45) is 0 Å². The minimum absolute atomic E-state index is 0.222. The highest BCUT2D eigenvalue weighted by molar-refractivity contribution is 6.54. The highest BCUT2D eigenvalue weighted by atomic mass is 35.5. The summed E-state index contributed by atoms with van der Waals surface area (Å²) in [4.78, 5) is 8.57. The molecular formula is C7H9ClN2O. The van der Waals surface area contributed by atoms with Crippen LogP contribution in [0.1, 0.15) is 0 Å². The molecule has 0 saturated carbocycles. The zero-order valence-electron chi connectivity index (χ0n) is 5.83. The first-order valence-electron chi connectivity index (χ1n) is 2.85. The first-order valence-corrected chi connectivity index (χ1v) is 3.29. The smallest absolute Gasteiger partial charge is 0.208 e. The van der Waals surface area contributed by atoms with Gasteiger partial charge in [0.15, 0.2) is 0 Å².